The molecule has 18 heavy (non-hydrogen) atoms. The summed E-state index contributed by atoms with van der Waals surface area (Å²) in [6.07, 6.45) is 3.16. The molecule has 0 radical (unpaired) electrons. The molecule has 1 aliphatic rings. The Kier molecular flexibility index (Phi) is 4.46. The predicted octanol–water partition coefficient (Wildman–Crippen LogP) is 3.71. The summed E-state index contributed by atoms with van der Waals surface area (Å²) in [4.78, 5) is 14.1. The van der Waals surface area contributed by atoms with Crippen LogP contribution in [0.25, 0.3) is 0 Å². The van der Waals surface area contributed by atoms with E-state index in [1.807, 2.05) is 0 Å². The third-order valence-electron chi connectivity index (χ3n) is 3.27. The Balaban J connectivity index is 2.18. The lowest BCUT2D eigenvalue weighted by atomic mass is 9.91. The molecule has 0 bridgehead atoms. The maximum atomic E-state index is 13.1. The van der Waals surface area contributed by atoms with E-state index in [-0.39, 0.29) is 17.0 Å². The van der Waals surface area contributed by atoms with Crippen LogP contribution in [0.1, 0.15) is 29.6 Å². The van der Waals surface area contributed by atoms with E-state index in [0.717, 1.165) is 19.3 Å². The van der Waals surface area contributed by atoms with Crippen LogP contribution >= 0.6 is 23.2 Å². The molecule has 98 valence electrons. The molecule has 0 aliphatic heterocycles. The molecular weight excluding hydrogens is 276 g/mol. The number of nitrogens with zero attached hydrogens (tertiary/aromatic N) is 1. The van der Waals surface area contributed by atoms with Crippen molar-refractivity contribution in [3.63, 3.8) is 0 Å². The van der Waals surface area contributed by atoms with Crippen molar-refractivity contribution in [3.8, 4) is 0 Å². The van der Waals surface area contributed by atoms with Crippen molar-refractivity contribution in [2.24, 2.45) is 0 Å². The van der Waals surface area contributed by atoms with E-state index >= 15 is 0 Å². The molecule has 5 heteroatoms. The summed E-state index contributed by atoms with van der Waals surface area (Å²) in [5.41, 5.74) is 0.415. The second kappa shape index (κ2) is 5.89. The smallest absolute Gasteiger partial charge is 0.254 e. The van der Waals surface area contributed by atoms with Gasteiger partial charge in [-0.25, -0.2) is 4.39 Å². The van der Waals surface area contributed by atoms with Gasteiger partial charge in [-0.2, -0.15) is 0 Å². The zero-order valence-electron chi connectivity index (χ0n) is 9.83. The quantitative estimate of drug-likeness (QED) is 0.774. The fourth-order valence-electron chi connectivity index (χ4n) is 2.03. The van der Waals surface area contributed by atoms with Crippen molar-refractivity contribution in [3.05, 3.63) is 34.6 Å². The fraction of sp³-hybridized carbons (Fsp3) is 0.462. The Hall–Kier alpha value is -0.800. The highest BCUT2D eigenvalue weighted by Crippen LogP contribution is 2.27. The molecule has 2 rings (SSSR count). The maximum absolute atomic E-state index is 13.1. The van der Waals surface area contributed by atoms with Gasteiger partial charge in [0.2, 0.25) is 0 Å². The van der Waals surface area contributed by atoms with E-state index in [4.69, 9.17) is 23.2 Å². The lowest BCUT2D eigenvalue weighted by molar-refractivity contribution is 0.0598. The summed E-state index contributed by atoms with van der Waals surface area (Å²) in [6, 6.07) is 4.32. The van der Waals surface area contributed by atoms with E-state index < -0.39 is 5.82 Å². The molecular formula is C13H14Cl2FNO. The van der Waals surface area contributed by atoms with Gasteiger partial charge in [0.15, 0.2) is 0 Å². The van der Waals surface area contributed by atoms with Crippen LogP contribution in [0.4, 0.5) is 4.39 Å². The lowest BCUT2D eigenvalue weighted by Gasteiger charge is -2.37. The Morgan fingerprint density at radius 3 is 2.67 bits per heavy atom. The molecule has 1 fully saturated rings. The van der Waals surface area contributed by atoms with Crippen molar-refractivity contribution >= 4 is 29.1 Å². The van der Waals surface area contributed by atoms with E-state index in [2.05, 4.69) is 0 Å². The minimum Gasteiger partial charge on any atom is -0.334 e. The number of amides is 1. The molecule has 0 heterocycles. The van der Waals surface area contributed by atoms with E-state index in [1.54, 1.807) is 4.90 Å². The summed E-state index contributed by atoms with van der Waals surface area (Å²) in [7, 11) is 0. The molecule has 0 N–H and O–H groups in total. The first-order valence-electron chi connectivity index (χ1n) is 5.95. The van der Waals surface area contributed by atoms with Crippen molar-refractivity contribution in [2.45, 2.75) is 25.3 Å². The molecule has 1 saturated carbocycles. The van der Waals surface area contributed by atoms with Crippen molar-refractivity contribution < 1.29 is 9.18 Å². The Bertz CT molecular complexity index is 449. The van der Waals surface area contributed by atoms with Gasteiger partial charge in [-0.15, -0.1) is 11.6 Å². The number of carbonyl (C=O) groups is 1. The third-order valence-corrected chi connectivity index (χ3v) is 3.73. The zero-order chi connectivity index (χ0) is 13.1. The molecule has 1 aromatic carbocycles. The number of carbonyl (C=O) groups excluding carboxylic acids is 1. The molecule has 0 saturated heterocycles. The second-order valence-corrected chi connectivity index (χ2v) is 5.19. The summed E-state index contributed by atoms with van der Waals surface area (Å²) in [5, 5.41) is -0.0275. The highest BCUT2D eigenvalue weighted by Gasteiger charge is 2.29. The zero-order valence-corrected chi connectivity index (χ0v) is 11.3. The van der Waals surface area contributed by atoms with Gasteiger partial charge in [0.1, 0.15) is 5.82 Å². The first-order valence-corrected chi connectivity index (χ1v) is 6.86. The molecule has 0 spiro atoms. The van der Waals surface area contributed by atoms with Crippen LogP contribution in [-0.4, -0.2) is 29.3 Å². The van der Waals surface area contributed by atoms with Crippen LogP contribution < -0.4 is 0 Å². The van der Waals surface area contributed by atoms with E-state index in [0.29, 0.717) is 18.0 Å². The number of halogens is 3. The molecule has 1 aliphatic carbocycles. The number of rotatable bonds is 4. The number of alkyl halides is 1. The predicted molar refractivity (Wildman–Crippen MR) is 70.8 cm³/mol. The maximum Gasteiger partial charge on any atom is 0.254 e. The van der Waals surface area contributed by atoms with Gasteiger partial charge >= 0.3 is 0 Å². The number of hydrogen-bond acceptors (Lipinski definition) is 1. The standard InChI is InChI=1S/C13H14Cl2FNO/c14-6-7-17(10-2-1-3-10)13(18)9-4-5-12(16)11(15)8-9/h4-5,8,10H,1-3,6-7H2. The van der Waals surface area contributed by atoms with Crippen LogP contribution in [0.2, 0.25) is 5.02 Å². The van der Waals surface area contributed by atoms with Crippen molar-refractivity contribution in [2.75, 3.05) is 12.4 Å². The highest BCUT2D eigenvalue weighted by molar-refractivity contribution is 6.31. The third kappa shape index (κ3) is 2.78. The second-order valence-electron chi connectivity index (χ2n) is 4.40. The number of hydrogen-bond donors (Lipinski definition) is 0. The largest absolute Gasteiger partial charge is 0.334 e. The van der Waals surface area contributed by atoms with Crippen LogP contribution in [-0.2, 0) is 0 Å². The van der Waals surface area contributed by atoms with Crippen LogP contribution in [0, 0.1) is 5.82 Å². The SMILES string of the molecule is O=C(c1ccc(F)c(Cl)c1)N(CCCl)C1CCC1. The van der Waals surface area contributed by atoms with Gasteiger partial charge in [-0.3, -0.25) is 4.79 Å². The Morgan fingerprint density at radius 1 is 1.44 bits per heavy atom. The first kappa shape index (κ1) is 13.6. The highest BCUT2D eigenvalue weighted by atomic mass is 35.5. The first-order chi connectivity index (χ1) is 8.63. The Labute approximate surface area is 116 Å². The van der Waals surface area contributed by atoms with Crippen LogP contribution in [0.5, 0.6) is 0 Å². The van der Waals surface area contributed by atoms with E-state index in [1.165, 1.54) is 18.2 Å². The van der Waals surface area contributed by atoms with E-state index in [9.17, 15) is 9.18 Å². The minimum absolute atomic E-state index is 0.0275. The number of benzene rings is 1. The molecule has 2 nitrogen and oxygen atoms in total. The Morgan fingerprint density at radius 2 is 2.17 bits per heavy atom. The average Bonchev–Trinajstić information content (AvgIpc) is 2.29. The molecule has 0 atom stereocenters. The van der Waals surface area contributed by atoms with Gasteiger partial charge in [-0.1, -0.05) is 11.6 Å². The van der Waals surface area contributed by atoms with Gasteiger partial charge in [0.25, 0.3) is 5.91 Å². The van der Waals surface area contributed by atoms with Gasteiger partial charge in [-0.05, 0) is 37.5 Å². The minimum atomic E-state index is -0.513. The topological polar surface area (TPSA) is 20.3 Å². The molecule has 1 amide bonds. The van der Waals surface area contributed by atoms with Crippen LogP contribution in [0.15, 0.2) is 18.2 Å². The fourth-order valence-corrected chi connectivity index (χ4v) is 2.40. The van der Waals surface area contributed by atoms with Gasteiger partial charge < -0.3 is 4.90 Å². The summed E-state index contributed by atoms with van der Waals surface area (Å²) >= 11 is 11.4. The summed E-state index contributed by atoms with van der Waals surface area (Å²) in [5.74, 6) is -0.236. The van der Waals surface area contributed by atoms with Gasteiger partial charge in [0, 0.05) is 24.0 Å². The van der Waals surface area contributed by atoms with Crippen molar-refractivity contribution in [1.82, 2.24) is 4.90 Å². The average molecular weight is 290 g/mol. The van der Waals surface area contributed by atoms with Crippen LogP contribution in [0.3, 0.4) is 0 Å². The lowest BCUT2D eigenvalue weighted by Crippen LogP contribution is -2.45. The molecule has 1 aromatic rings. The molecule has 0 unspecified atom stereocenters. The monoisotopic (exact) mass is 289 g/mol. The normalized spacial score (nSPS) is 15.3. The summed E-state index contributed by atoms with van der Waals surface area (Å²) in [6.45, 7) is 0.514. The summed E-state index contributed by atoms with van der Waals surface area (Å²) < 4.78 is 13.1. The van der Waals surface area contributed by atoms with Crippen molar-refractivity contribution in [1.29, 1.82) is 0 Å². The molecule has 0 aromatic heterocycles. The van der Waals surface area contributed by atoms with Gasteiger partial charge in [0.05, 0.1) is 5.02 Å².